The van der Waals surface area contributed by atoms with Crippen LogP contribution in [0.25, 0.3) is 0 Å². The van der Waals surface area contributed by atoms with Crippen molar-refractivity contribution in [2.75, 3.05) is 26.8 Å². The van der Waals surface area contributed by atoms with E-state index in [1.54, 1.807) is 0 Å². The van der Waals surface area contributed by atoms with Gasteiger partial charge in [-0.3, -0.25) is 4.79 Å². The first kappa shape index (κ1) is 13.7. The first-order valence-corrected chi connectivity index (χ1v) is 6.59. The Morgan fingerprint density at radius 3 is 2.84 bits per heavy atom. The second kappa shape index (κ2) is 6.99. The molecule has 5 nitrogen and oxygen atoms in total. The summed E-state index contributed by atoms with van der Waals surface area (Å²) >= 11 is 0. The smallest absolute Gasteiger partial charge is 0.221 e. The van der Waals surface area contributed by atoms with Gasteiger partial charge in [0.05, 0.1) is 13.2 Å². The van der Waals surface area contributed by atoms with Crippen LogP contribution in [-0.2, 0) is 11.3 Å². The van der Waals surface area contributed by atoms with Gasteiger partial charge in [-0.05, 0) is 24.7 Å². The molecule has 0 fully saturated rings. The molecule has 0 aliphatic carbocycles. The van der Waals surface area contributed by atoms with Gasteiger partial charge in [-0.2, -0.15) is 0 Å². The van der Waals surface area contributed by atoms with Crippen LogP contribution in [0, 0.1) is 0 Å². The molecule has 0 bridgehead atoms. The lowest BCUT2D eigenvalue weighted by molar-refractivity contribution is -0.121. The molecule has 0 saturated heterocycles. The normalized spacial score (nSPS) is 13.7. The lowest BCUT2D eigenvalue weighted by atomic mass is 10.2. The van der Waals surface area contributed by atoms with Crippen LogP contribution < -0.4 is 20.1 Å². The Kier molecular flexibility index (Phi) is 5.03. The van der Waals surface area contributed by atoms with E-state index < -0.39 is 0 Å². The zero-order chi connectivity index (χ0) is 13.5. The van der Waals surface area contributed by atoms with Crippen LogP contribution in [0.5, 0.6) is 11.5 Å². The predicted octanol–water partition coefficient (Wildman–Crippen LogP) is 1.07. The van der Waals surface area contributed by atoms with Crippen molar-refractivity contribution in [3.05, 3.63) is 23.8 Å². The highest BCUT2D eigenvalue weighted by molar-refractivity contribution is 5.76. The summed E-state index contributed by atoms with van der Waals surface area (Å²) in [4.78, 5) is 11.5. The fourth-order valence-electron chi connectivity index (χ4n) is 1.85. The molecule has 2 rings (SSSR count). The van der Waals surface area contributed by atoms with Crippen molar-refractivity contribution in [1.29, 1.82) is 0 Å². The molecule has 1 amide bonds. The highest BCUT2D eigenvalue weighted by Gasteiger charge is 2.10. The minimum Gasteiger partial charge on any atom is -0.490 e. The van der Waals surface area contributed by atoms with Crippen LogP contribution in [0.2, 0.25) is 0 Å². The topological polar surface area (TPSA) is 59.6 Å². The van der Waals surface area contributed by atoms with Crippen molar-refractivity contribution < 1.29 is 14.3 Å². The third kappa shape index (κ3) is 4.13. The molecule has 0 unspecified atom stereocenters. The zero-order valence-corrected chi connectivity index (χ0v) is 11.2. The lowest BCUT2D eigenvalue weighted by Gasteiger charge is -2.10. The summed E-state index contributed by atoms with van der Waals surface area (Å²) in [5.41, 5.74) is 1.02. The van der Waals surface area contributed by atoms with E-state index in [1.165, 1.54) is 0 Å². The van der Waals surface area contributed by atoms with Crippen LogP contribution in [0.3, 0.4) is 0 Å². The van der Waals surface area contributed by atoms with Gasteiger partial charge in [0.1, 0.15) is 0 Å². The number of hydrogen-bond donors (Lipinski definition) is 2. The SMILES string of the molecule is CNCCC(=O)NCc1ccc2c(c1)OCCCO2. The Hall–Kier alpha value is -1.75. The van der Waals surface area contributed by atoms with E-state index in [9.17, 15) is 4.79 Å². The Morgan fingerprint density at radius 2 is 2.05 bits per heavy atom. The molecule has 0 spiro atoms. The minimum atomic E-state index is 0.0430. The third-order valence-electron chi connectivity index (χ3n) is 2.90. The summed E-state index contributed by atoms with van der Waals surface area (Å²) < 4.78 is 11.2. The second-order valence-electron chi connectivity index (χ2n) is 4.46. The van der Waals surface area contributed by atoms with Crippen LogP contribution in [-0.4, -0.2) is 32.7 Å². The Balaban J connectivity index is 1.90. The molecule has 0 radical (unpaired) electrons. The number of ether oxygens (including phenoxy) is 2. The number of rotatable bonds is 5. The molecular formula is C14H20N2O3. The number of carbonyl (C=O) groups is 1. The van der Waals surface area contributed by atoms with Gasteiger partial charge in [0.2, 0.25) is 5.91 Å². The molecule has 0 saturated carbocycles. The molecule has 1 aromatic rings. The maximum Gasteiger partial charge on any atom is 0.221 e. The van der Waals surface area contributed by atoms with Crippen molar-refractivity contribution in [3.8, 4) is 11.5 Å². The maximum absolute atomic E-state index is 11.5. The number of benzene rings is 1. The molecular weight excluding hydrogens is 244 g/mol. The first-order chi connectivity index (χ1) is 9.29. The van der Waals surface area contributed by atoms with E-state index in [2.05, 4.69) is 10.6 Å². The number of amides is 1. The Bertz CT molecular complexity index is 435. The van der Waals surface area contributed by atoms with Crippen molar-refractivity contribution in [1.82, 2.24) is 10.6 Å². The summed E-state index contributed by atoms with van der Waals surface area (Å²) in [6.07, 6.45) is 1.38. The van der Waals surface area contributed by atoms with Gasteiger partial charge in [-0.25, -0.2) is 0 Å². The van der Waals surface area contributed by atoms with Crippen LogP contribution >= 0.6 is 0 Å². The molecule has 0 atom stereocenters. The van der Waals surface area contributed by atoms with Gasteiger partial charge >= 0.3 is 0 Å². The predicted molar refractivity (Wildman–Crippen MR) is 72.4 cm³/mol. The van der Waals surface area contributed by atoms with Gasteiger partial charge in [0, 0.05) is 25.9 Å². The number of nitrogens with one attached hydrogen (secondary N) is 2. The molecule has 5 heteroatoms. The van der Waals surface area contributed by atoms with E-state index in [0.717, 1.165) is 23.5 Å². The lowest BCUT2D eigenvalue weighted by Crippen LogP contribution is -2.26. The summed E-state index contributed by atoms with van der Waals surface area (Å²) in [5.74, 6) is 1.59. The molecule has 1 aliphatic heterocycles. The Morgan fingerprint density at radius 1 is 1.26 bits per heavy atom. The summed E-state index contributed by atoms with van der Waals surface area (Å²) in [6, 6.07) is 5.78. The molecule has 0 aromatic heterocycles. The van der Waals surface area contributed by atoms with E-state index >= 15 is 0 Å². The van der Waals surface area contributed by atoms with Crippen molar-refractivity contribution in [2.24, 2.45) is 0 Å². The van der Waals surface area contributed by atoms with Gasteiger partial charge in [0.15, 0.2) is 11.5 Å². The minimum absolute atomic E-state index is 0.0430. The van der Waals surface area contributed by atoms with Gasteiger partial charge in [-0.15, -0.1) is 0 Å². The van der Waals surface area contributed by atoms with Crippen LogP contribution in [0.4, 0.5) is 0 Å². The van der Waals surface area contributed by atoms with Crippen LogP contribution in [0.15, 0.2) is 18.2 Å². The van der Waals surface area contributed by atoms with Crippen molar-refractivity contribution in [3.63, 3.8) is 0 Å². The molecule has 104 valence electrons. The fourth-order valence-corrected chi connectivity index (χ4v) is 1.85. The molecule has 19 heavy (non-hydrogen) atoms. The third-order valence-corrected chi connectivity index (χ3v) is 2.90. The summed E-state index contributed by atoms with van der Waals surface area (Å²) in [5, 5.41) is 5.83. The van der Waals surface area contributed by atoms with Gasteiger partial charge in [-0.1, -0.05) is 6.07 Å². The van der Waals surface area contributed by atoms with Gasteiger partial charge < -0.3 is 20.1 Å². The first-order valence-electron chi connectivity index (χ1n) is 6.59. The largest absolute Gasteiger partial charge is 0.490 e. The van der Waals surface area contributed by atoms with E-state index in [1.807, 2.05) is 25.2 Å². The molecule has 1 heterocycles. The van der Waals surface area contributed by atoms with Crippen molar-refractivity contribution in [2.45, 2.75) is 19.4 Å². The maximum atomic E-state index is 11.5. The number of fused-ring (bicyclic) bond motifs is 1. The molecule has 1 aliphatic rings. The fraction of sp³-hybridized carbons (Fsp3) is 0.500. The average molecular weight is 264 g/mol. The average Bonchev–Trinajstić information content (AvgIpc) is 2.67. The van der Waals surface area contributed by atoms with E-state index in [4.69, 9.17) is 9.47 Å². The highest BCUT2D eigenvalue weighted by Crippen LogP contribution is 2.30. The van der Waals surface area contributed by atoms with E-state index in [0.29, 0.717) is 32.7 Å². The quantitative estimate of drug-likeness (QED) is 0.835. The highest BCUT2D eigenvalue weighted by atomic mass is 16.5. The Labute approximate surface area is 113 Å². The van der Waals surface area contributed by atoms with Crippen molar-refractivity contribution >= 4 is 5.91 Å². The number of carbonyl (C=O) groups excluding carboxylic acids is 1. The summed E-state index contributed by atoms with van der Waals surface area (Å²) in [7, 11) is 1.83. The molecule has 2 N–H and O–H groups in total. The second-order valence-corrected chi connectivity index (χ2v) is 4.46. The van der Waals surface area contributed by atoms with E-state index in [-0.39, 0.29) is 5.91 Å². The molecule has 1 aromatic carbocycles. The monoisotopic (exact) mass is 264 g/mol. The summed E-state index contributed by atoms with van der Waals surface area (Å²) in [6.45, 7) is 2.56. The zero-order valence-electron chi connectivity index (χ0n) is 11.2. The van der Waals surface area contributed by atoms with Gasteiger partial charge in [0.25, 0.3) is 0 Å². The van der Waals surface area contributed by atoms with Crippen LogP contribution in [0.1, 0.15) is 18.4 Å². The number of hydrogen-bond acceptors (Lipinski definition) is 4. The standard InChI is InChI=1S/C14H20N2O3/c1-15-6-5-14(17)16-10-11-3-4-12-13(9-11)19-8-2-7-18-12/h3-4,9,15H,2,5-8,10H2,1H3,(H,16,17).